The fraction of sp³-hybridized carbons (Fsp3) is 0.500. The number of Topliss-reactive ketones (excluding diaryl/α,β-unsaturated/α-hetero) is 1. The number of benzene rings is 1. The minimum atomic E-state index is -0.885. The van der Waals surface area contributed by atoms with Gasteiger partial charge in [-0.15, -0.1) is 0 Å². The largest absolute Gasteiger partial charge is 0.298 e. The average Bonchev–Trinajstić information content (AvgIpc) is 2.93. The van der Waals surface area contributed by atoms with Gasteiger partial charge in [0.2, 0.25) is 0 Å². The van der Waals surface area contributed by atoms with Crippen molar-refractivity contribution in [2.75, 3.05) is 0 Å². The Bertz CT molecular complexity index is 532. The van der Waals surface area contributed by atoms with Crippen LogP contribution in [-0.2, 0) is 4.79 Å². The lowest BCUT2D eigenvalue weighted by Crippen LogP contribution is -2.12. The molecule has 106 valence electrons. The quantitative estimate of drug-likeness (QED) is 0.794. The van der Waals surface area contributed by atoms with Crippen LogP contribution in [0.4, 0.5) is 4.39 Å². The van der Waals surface area contributed by atoms with E-state index >= 15 is 0 Å². The van der Waals surface area contributed by atoms with Gasteiger partial charge in [-0.05, 0) is 30.0 Å². The summed E-state index contributed by atoms with van der Waals surface area (Å²) >= 11 is 5.93. The smallest absolute Gasteiger partial charge is 0.154 e. The van der Waals surface area contributed by atoms with E-state index in [1.54, 1.807) is 0 Å². The first-order chi connectivity index (χ1) is 9.61. The van der Waals surface area contributed by atoms with Crippen LogP contribution in [0.25, 0.3) is 0 Å². The summed E-state index contributed by atoms with van der Waals surface area (Å²) in [6, 6.07) is 5.80. The molecule has 0 N–H and O–H groups in total. The molecule has 0 saturated heterocycles. The van der Waals surface area contributed by atoms with Gasteiger partial charge in [-0.25, -0.2) is 4.39 Å². The third-order valence-corrected chi connectivity index (χ3v) is 4.33. The van der Waals surface area contributed by atoms with E-state index in [1.807, 2.05) is 6.07 Å². The summed E-state index contributed by atoms with van der Waals surface area (Å²) in [7, 11) is 0. The van der Waals surface area contributed by atoms with E-state index in [0.29, 0.717) is 17.9 Å². The highest BCUT2D eigenvalue weighted by Gasteiger charge is 2.24. The minimum absolute atomic E-state index is 0.118. The maximum Gasteiger partial charge on any atom is 0.154 e. The van der Waals surface area contributed by atoms with E-state index in [2.05, 4.69) is 0 Å². The summed E-state index contributed by atoms with van der Waals surface area (Å²) < 4.78 is 13.0. The van der Waals surface area contributed by atoms with Crippen molar-refractivity contribution < 1.29 is 9.18 Å². The zero-order valence-corrected chi connectivity index (χ0v) is 12.0. The van der Waals surface area contributed by atoms with Crippen molar-refractivity contribution in [2.45, 2.75) is 44.4 Å². The van der Waals surface area contributed by atoms with E-state index < -0.39 is 11.7 Å². The molecule has 1 unspecified atom stereocenters. The molecule has 2 rings (SSSR count). The molecule has 4 heteroatoms. The van der Waals surface area contributed by atoms with Crippen molar-refractivity contribution in [3.05, 3.63) is 34.6 Å². The van der Waals surface area contributed by atoms with E-state index in [0.717, 1.165) is 12.5 Å². The van der Waals surface area contributed by atoms with E-state index in [1.165, 1.54) is 37.8 Å². The van der Waals surface area contributed by atoms with Gasteiger partial charge >= 0.3 is 0 Å². The van der Waals surface area contributed by atoms with Crippen LogP contribution in [-0.4, -0.2) is 5.78 Å². The Balaban J connectivity index is 2.03. The second-order valence-corrected chi connectivity index (χ2v) is 5.79. The van der Waals surface area contributed by atoms with E-state index in [-0.39, 0.29) is 10.8 Å². The molecule has 0 radical (unpaired) electrons. The van der Waals surface area contributed by atoms with Gasteiger partial charge in [-0.2, -0.15) is 5.26 Å². The predicted molar refractivity (Wildman–Crippen MR) is 76.0 cm³/mol. The highest BCUT2D eigenvalue weighted by atomic mass is 35.5. The second-order valence-electron chi connectivity index (χ2n) is 5.38. The van der Waals surface area contributed by atoms with Gasteiger partial charge in [-0.1, -0.05) is 43.4 Å². The van der Waals surface area contributed by atoms with Gasteiger partial charge in [0, 0.05) is 11.4 Å². The molecule has 0 amide bonds. The summed E-state index contributed by atoms with van der Waals surface area (Å²) in [5.74, 6) is -0.853. The standard InChI is InChI=1S/C16H17ClFNO/c17-15-9-12(18)6-7-13(15)14(10-19)16(20)8-5-11-3-1-2-4-11/h6-7,9,11,14H,1-5,8H2. The molecule has 0 aromatic heterocycles. The lowest BCUT2D eigenvalue weighted by atomic mass is 9.90. The number of hydrogen-bond donors (Lipinski definition) is 0. The second kappa shape index (κ2) is 6.85. The Morgan fingerprint density at radius 2 is 2.15 bits per heavy atom. The first-order valence-electron chi connectivity index (χ1n) is 6.99. The molecule has 1 atom stereocenters. The van der Waals surface area contributed by atoms with Gasteiger partial charge < -0.3 is 0 Å². The molecular formula is C16H17ClFNO. The minimum Gasteiger partial charge on any atom is -0.298 e. The first-order valence-corrected chi connectivity index (χ1v) is 7.37. The lowest BCUT2D eigenvalue weighted by Gasteiger charge is -2.12. The number of carbonyl (C=O) groups is 1. The summed E-state index contributed by atoms with van der Waals surface area (Å²) in [6.07, 6.45) is 6.09. The van der Waals surface area contributed by atoms with Crippen molar-refractivity contribution in [3.63, 3.8) is 0 Å². The Morgan fingerprint density at radius 3 is 2.75 bits per heavy atom. The Kier molecular flexibility index (Phi) is 5.14. The number of carbonyl (C=O) groups excluding carboxylic acids is 1. The molecule has 0 heterocycles. The van der Waals surface area contributed by atoms with Gasteiger partial charge in [0.1, 0.15) is 11.7 Å². The van der Waals surface area contributed by atoms with E-state index in [9.17, 15) is 14.4 Å². The third kappa shape index (κ3) is 3.58. The normalized spacial score (nSPS) is 16.9. The summed E-state index contributed by atoms with van der Waals surface area (Å²) in [5.41, 5.74) is 0.409. The predicted octanol–water partition coefficient (Wildman–Crippen LogP) is 4.63. The van der Waals surface area contributed by atoms with E-state index in [4.69, 9.17) is 11.6 Å². The molecule has 0 spiro atoms. The Hall–Kier alpha value is -1.40. The third-order valence-electron chi connectivity index (χ3n) is 4.00. The number of rotatable bonds is 5. The van der Waals surface area contributed by atoms with Gasteiger partial charge in [0.15, 0.2) is 5.78 Å². The number of halogens is 2. The molecule has 1 aliphatic carbocycles. The van der Waals surface area contributed by atoms with Crippen molar-refractivity contribution in [2.24, 2.45) is 5.92 Å². The molecule has 1 aliphatic rings. The number of nitrogens with zero attached hydrogens (tertiary/aromatic N) is 1. The molecule has 0 bridgehead atoms. The van der Waals surface area contributed by atoms with Crippen LogP contribution in [0.5, 0.6) is 0 Å². The fourth-order valence-corrected chi connectivity index (χ4v) is 3.12. The van der Waals surface area contributed by atoms with Gasteiger partial charge in [-0.3, -0.25) is 4.79 Å². The summed E-state index contributed by atoms with van der Waals surface area (Å²) in [5, 5.41) is 9.36. The Morgan fingerprint density at radius 1 is 1.45 bits per heavy atom. The van der Waals surface area contributed by atoms with Gasteiger partial charge in [0.25, 0.3) is 0 Å². The summed E-state index contributed by atoms with van der Waals surface area (Å²) in [6.45, 7) is 0. The molecule has 1 aromatic carbocycles. The van der Waals surface area contributed by atoms with Crippen LogP contribution in [0.1, 0.15) is 50.0 Å². The fourth-order valence-electron chi connectivity index (χ4n) is 2.84. The zero-order chi connectivity index (χ0) is 14.5. The topological polar surface area (TPSA) is 40.9 Å². The van der Waals surface area contributed by atoms with Crippen LogP contribution in [0.3, 0.4) is 0 Å². The first kappa shape index (κ1) is 15.0. The van der Waals surface area contributed by atoms with Crippen molar-refractivity contribution >= 4 is 17.4 Å². The molecule has 20 heavy (non-hydrogen) atoms. The lowest BCUT2D eigenvalue weighted by molar-refractivity contribution is -0.119. The van der Waals surface area contributed by atoms with Crippen molar-refractivity contribution in [3.8, 4) is 6.07 Å². The Labute approximate surface area is 123 Å². The highest BCUT2D eigenvalue weighted by molar-refractivity contribution is 6.31. The van der Waals surface area contributed by atoms with Crippen LogP contribution in [0.15, 0.2) is 18.2 Å². The van der Waals surface area contributed by atoms with Crippen LogP contribution in [0, 0.1) is 23.1 Å². The molecule has 1 saturated carbocycles. The maximum atomic E-state index is 13.0. The SMILES string of the molecule is N#CC(C(=O)CCC1CCCC1)c1ccc(F)cc1Cl. The van der Waals surface area contributed by atoms with Crippen LogP contribution < -0.4 is 0 Å². The van der Waals surface area contributed by atoms with Crippen LogP contribution in [0.2, 0.25) is 5.02 Å². The number of hydrogen-bond acceptors (Lipinski definition) is 2. The zero-order valence-electron chi connectivity index (χ0n) is 11.2. The summed E-state index contributed by atoms with van der Waals surface area (Å²) in [4.78, 5) is 12.2. The highest BCUT2D eigenvalue weighted by Crippen LogP contribution is 2.31. The monoisotopic (exact) mass is 293 g/mol. The van der Waals surface area contributed by atoms with Crippen molar-refractivity contribution in [1.82, 2.24) is 0 Å². The number of ketones is 1. The molecule has 1 aromatic rings. The maximum absolute atomic E-state index is 13.0. The molecular weight excluding hydrogens is 277 g/mol. The van der Waals surface area contributed by atoms with Crippen LogP contribution >= 0.6 is 11.6 Å². The van der Waals surface area contributed by atoms with Crippen molar-refractivity contribution in [1.29, 1.82) is 5.26 Å². The number of nitriles is 1. The molecule has 0 aliphatic heterocycles. The van der Waals surface area contributed by atoms with Gasteiger partial charge in [0.05, 0.1) is 6.07 Å². The molecule has 2 nitrogen and oxygen atoms in total. The average molecular weight is 294 g/mol. The molecule has 1 fully saturated rings.